The molecule has 0 fully saturated rings. The van der Waals surface area contributed by atoms with Crippen molar-refractivity contribution in [2.75, 3.05) is 26.1 Å². The smallest absolute Gasteiger partial charge is 0.218 e. The Morgan fingerprint density at radius 2 is 2.10 bits per heavy atom. The van der Waals surface area contributed by atoms with Gasteiger partial charge in [0, 0.05) is 20.2 Å². The Kier molecular flexibility index (Phi) is 7.95. The summed E-state index contributed by atoms with van der Waals surface area (Å²) < 4.78 is 10.9. The molecule has 0 radical (unpaired) electrons. The van der Waals surface area contributed by atoms with Crippen LogP contribution in [0.3, 0.4) is 0 Å². The van der Waals surface area contributed by atoms with Crippen LogP contribution in [0.15, 0.2) is 6.07 Å². The molecule has 0 spiro atoms. The highest BCUT2D eigenvalue weighted by Crippen LogP contribution is 2.17. The Morgan fingerprint density at radius 1 is 1.30 bits per heavy atom. The molecule has 5 heteroatoms. The van der Waals surface area contributed by atoms with E-state index in [9.17, 15) is 0 Å². The van der Waals surface area contributed by atoms with E-state index >= 15 is 0 Å². The fourth-order valence-corrected chi connectivity index (χ4v) is 1.97. The van der Waals surface area contributed by atoms with Crippen molar-refractivity contribution in [1.29, 1.82) is 0 Å². The maximum Gasteiger partial charge on any atom is 0.218 e. The quantitative estimate of drug-likeness (QED) is 0.713. The SMILES string of the molecule is CCCCC(CC)COc1cc(NC)nc(COC)n1. The third-order valence-electron chi connectivity index (χ3n) is 3.29. The summed E-state index contributed by atoms with van der Waals surface area (Å²) in [5.74, 6) is 2.60. The molecule has 1 heterocycles. The average Bonchev–Trinajstić information content (AvgIpc) is 2.47. The highest BCUT2D eigenvalue weighted by atomic mass is 16.5. The van der Waals surface area contributed by atoms with Gasteiger partial charge in [0.1, 0.15) is 12.4 Å². The van der Waals surface area contributed by atoms with Gasteiger partial charge in [0.25, 0.3) is 0 Å². The highest BCUT2D eigenvalue weighted by Gasteiger charge is 2.09. The number of rotatable bonds is 10. The molecule has 1 N–H and O–H groups in total. The zero-order valence-electron chi connectivity index (χ0n) is 13.1. The molecule has 0 aromatic carbocycles. The fraction of sp³-hybridized carbons (Fsp3) is 0.733. The minimum absolute atomic E-state index is 0.388. The van der Waals surface area contributed by atoms with E-state index in [0.717, 1.165) is 12.2 Å². The van der Waals surface area contributed by atoms with Crippen LogP contribution in [0.4, 0.5) is 5.82 Å². The molecule has 5 nitrogen and oxygen atoms in total. The Balaban J connectivity index is 2.63. The van der Waals surface area contributed by atoms with E-state index in [1.165, 1.54) is 19.3 Å². The second kappa shape index (κ2) is 9.53. The lowest BCUT2D eigenvalue weighted by molar-refractivity contribution is 0.175. The van der Waals surface area contributed by atoms with E-state index in [0.29, 0.717) is 30.8 Å². The van der Waals surface area contributed by atoms with Gasteiger partial charge >= 0.3 is 0 Å². The molecule has 20 heavy (non-hydrogen) atoms. The van der Waals surface area contributed by atoms with Gasteiger partial charge in [-0.2, -0.15) is 4.98 Å². The van der Waals surface area contributed by atoms with Crippen molar-refractivity contribution >= 4 is 5.82 Å². The highest BCUT2D eigenvalue weighted by molar-refractivity contribution is 5.37. The number of hydrogen-bond donors (Lipinski definition) is 1. The summed E-state index contributed by atoms with van der Waals surface area (Å²) >= 11 is 0. The van der Waals surface area contributed by atoms with Crippen molar-refractivity contribution in [2.24, 2.45) is 5.92 Å². The maximum absolute atomic E-state index is 5.84. The molecular weight excluding hydrogens is 254 g/mol. The average molecular weight is 281 g/mol. The number of nitrogens with one attached hydrogen (secondary N) is 1. The van der Waals surface area contributed by atoms with Gasteiger partial charge in [-0.05, 0) is 12.3 Å². The second-order valence-corrected chi connectivity index (χ2v) is 4.92. The van der Waals surface area contributed by atoms with Crippen molar-refractivity contribution in [1.82, 2.24) is 9.97 Å². The second-order valence-electron chi connectivity index (χ2n) is 4.92. The van der Waals surface area contributed by atoms with Crippen molar-refractivity contribution < 1.29 is 9.47 Å². The van der Waals surface area contributed by atoms with E-state index in [4.69, 9.17) is 9.47 Å². The maximum atomic E-state index is 5.84. The molecule has 1 atom stereocenters. The first kappa shape index (κ1) is 16.7. The number of nitrogens with zero attached hydrogens (tertiary/aromatic N) is 2. The molecule has 0 aliphatic carbocycles. The summed E-state index contributed by atoms with van der Waals surface area (Å²) in [6.45, 7) is 5.52. The third-order valence-corrected chi connectivity index (χ3v) is 3.29. The van der Waals surface area contributed by atoms with E-state index in [1.54, 1.807) is 7.11 Å². The number of anilines is 1. The molecule has 0 bridgehead atoms. The number of unbranched alkanes of at least 4 members (excludes halogenated alkanes) is 1. The topological polar surface area (TPSA) is 56.3 Å². The summed E-state index contributed by atoms with van der Waals surface area (Å²) in [5.41, 5.74) is 0. The molecule has 0 aliphatic heterocycles. The molecule has 114 valence electrons. The van der Waals surface area contributed by atoms with Crippen molar-refractivity contribution in [3.05, 3.63) is 11.9 Å². The van der Waals surface area contributed by atoms with Gasteiger partial charge in [-0.3, -0.25) is 0 Å². The van der Waals surface area contributed by atoms with Gasteiger partial charge in [-0.25, -0.2) is 4.98 Å². The molecule has 0 amide bonds. The summed E-state index contributed by atoms with van der Waals surface area (Å²) in [4.78, 5) is 8.67. The van der Waals surface area contributed by atoms with Gasteiger partial charge in [-0.15, -0.1) is 0 Å². The molecule has 1 unspecified atom stereocenters. The minimum Gasteiger partial charge on any atom is -0.477 e. The van der Waals surface area contributed by atoms with Crippen LogP contribution < -0.4 is 10.1 Å². The molecule has 1 aromatic rings. The molecule has 0 saturated carbocycles. The first-order chi connectivity index (χ1) is 9.73. The Labute approximate surface area is 122 Å². The number of methoxy groups -OCH3 is 1. The van der Waals surface area contributed by atoms with Crippen LogP contribution >= 0.6 is 0 Å². The molecular formula is C15H27N3O2. The van der Waals surface area contributed by atoms with Crippen LogP contribution in [-0.2, 0) is 11.3 Å². The van der Waals surface area contributed by atoms with Gasteiger partial charge < -0.3 is 14.8 Å². The lowest BCUT2D eigenvalue weighted by Gasteiger charge is -2.15. The van der Waals surface area contributed by atoms with E-state index in [-0.39, 0.29) is 0 Å². The number of aromatic nitrogens is 2. The summed E-state index contributed by atoms with van der Waals surface area (Å²) in [6.07, 6.45) is 4.82. The normalized spacial score (nSPS) is 12.2. The minimum atomic E-state index is 0.388. The summed E-state index contributed by atoms with van der Waals surface area (Å²) in [7, 11) is 3.46. The van der Waals surface area contributed by atoms with E-state index in [1.807, 2.05) is 13.1 Å². The molecule has 1 aromatic heterocycles. The third kappa shape index (κ3) is 5.74. The lowest BCUT2D eigenvalue weighted by atomic mass is 10.0. The Hall–Kier alpha value is -1.36. The van der Waals surface area contributed by atoms with E-state index < -0.39 is 0 Å². The van der Waals surface area contributed by atoms with Crippen molar-refractivity contribution in [2.45, 2.75) is 46.1 Å². The van der Waals surface area contributed by atoms with Crippen LogP contribution in [0.1, 0.15) is 45.4 Å². The van der Waals surface area contributed by atoms with Crippen molar-refractivity contribution in [3.63, 3.8) is 0 Å². The Morgan fingerprint density at radius 3 is 2.70 bits per heavy atom. The largest absolute Gasteiger partial charge is 0.477 e. The van der Waals surface area contributed by atoms with Crippen LogP contribution in [0.5, 0.6) is 5.88 Å². The predicted octanol–water partition coefficient (Wildman–Crippen LogP) is 3.26. The first-order valence-corrected chi connectivity index (χ1v) is 7.40. The predicted molar refractivity (Wildman–Crippen MR) is 81.1 cm³/mol. The van der Waals surface area contributed by atoms with Crippen LogP contribution in [-0.4, -0.2) is 30.7 Å². The van der Waals surface area contributed by atoms with Crippen LogP contribution in [0.25, 0.3) is 0 Å². The fourth-order valence-electron chi connectivity index (χ4n) is 1.97. The van der Waals surface area contributed by atoms with Crippen LogP contribution in [0, 0.1) is 5.92 Å². The van der Waals surface area contributed by atoms with Crippen molar-refractivity contribution in [3.8, 4) is 5.88 Å². The van der Waals surface area contributed by atoms with Crippen LogP contribution in [0.2, 0.25) is 0 Å². The van der Waals surface area contributed by atoms with Gasteiger partial charge in [0.15, 0.2) is 5.82 Å². The first-order valence-electron chi connectivity index (χ1n) is 7.40. The van der Waals surface area contributed by atoms with Gasteiger partial charge in [-0.1, -0.05) is 33.1 Å². The number of hydrogen-bond acceptors (Lipinski definition) is 5. The molecule has 1 rings (SSSR count). The zero-order valence-corrected chi connectivity index (χ0v) is 13.1. The number of ether oxygens (including phenoxy) is 2. The van der Waals surface area contributed by atoms with E-state index in [2.05, 4.69) is 29.1 Å². The summed E-state index contributed by atoms with van der Waals surface area (Å²) in [6, 6.07) is 1.83. The monoisotopic (exact) mass is 281 g/mol. The molecule has 0 saturated heterocycles. The Bertz CT molecular complexity index is 385. The summed E-state index contributed by atoms with van der Waals surface area (Å²) in [5, 5.41) is 3.02. The van der Waals surface area contributed by atoms with Gasteiger partial charge in [0.05, 0.1) is 6.61 Å². The molecule has 0 aliphatic rings. The zero-order chi connectivity index (χ0) is 14.8. The van der Waals surface area contributed by atoms with Gasteiger partial charge in [0.2, 0.25) is 5.88 Å². The standard InChI is InChI=1S/C15H27N3O2/c1-5-7-8-12(6-2)10-20-15-9-13(16-3)17-14(18-15)11-19-4/h9,12H,5-8,10-11H2,1-4H3,(H,16,17,18). The lowest BCUT2D eigenvalue weighted by Crippen LogP contribution is -2.13.